The summed E-state index contributed by atoms with van der Waals surface area (Å²) < 4.78 is 10.8. The lowest BCUT2D eigenvalue weighted by atomic mass is 10.1. The molecule has 0 aliphatic carbocycles. The Kier molecular flexibility index (Phi) is 6.89. The summed E-state index contributed by atoms with van der Waals surface area (Å²) in [5.41, 5.74) is 3.69. The third-order valence-corrected chi connectivity index (χ3v) is 5.66. The van der Waals surface area contributed by atoms with E-state index in [0.717, 1.165) is 22.9 Å². The van der Waals surface area contributed by atoms with E-state index < -0.39 is 0 Å². The number of thioether (sulfide) groups is 1. The van der Waals surface area contributed by atoms with Crippen molar-refractivity contribution in [2.75, 3.05) is 11.1 Å². The van der Waals surface area contributed by atoms with Gasteiger partial charge in [-0.25, -0.2) is 0 Å². The van der Waals surface area contributed by atoms with Crippen molar-refractivity contribution < 1.29 is 18.4 Å². The van der Waals surface area contributed by atoms with Gasteiger partial charge in [0.05, 0.1) is 28.8 Å². The van der Waals surface area contributed by atoms with Crippen LogP contribution in [0.1, 0.15) is 27.2 Å². The minimum absolute atomic E-state index is 0.0469. The third-order valence-electron chi connectivity index (χ3n) is 4.84. The van der Waals surface area contributed by atoms with Crippen molar-refractivity contribution in [3.05, 3.63) is 83.3 Å². The van der Waals surface area contributed by atoms with Crippen LogP contribution in [0.3, 0.4) is 0 Å². The van der Waals surface area contributed by atoms with Gasteiger partial charge in [-0.1, -0.05) is 53.7 Å². The van der Waals surface area contributed by atoms with E-state index in [-0.39, 0.29) is 22.8 Å². The summed E-state index contributed by atoms with van der Waals surface area (Å²) in [6, 6.07) is 16.5. The van der Waals surface area contributed by atoms with Crippen LogP contribution in [0.15, 0.2) is 74.9 Å². The number of carbonyl (C=O) groups is 2. The largest absolute Gasteiger partial charge is 0.469 e. The first-order chi connectivity index (χ1) is 16.0. The Balaban J connectivity index is 1.34. The smallest absolute Gasteiger partial charge is 0.277 e. The maximum Gasteiger partial charge on any atom is 0.277 e. The molecular weight excluding hydrogens is 440 g/mol. The summed E-state index contributed by atoms with van der Waals surface area (Å²) >= 11 is 1.11. The molecule has 0 unspecified atom stereocenters. The van der Waals surface area contributed by atoms with Crippen LogP contribution in [0, 0.1) is 13.8 Å². The lowest BCUT2D eigenvalue weighted by Crippen LogP contribution is -2.25. The van der Waals surface area contributed by atoms with E-state index in [4.69, 9.17) is 8.83 Å². The Morgan fingerprint density at radius 2 is 1.79 bits per heavy atom. The molecule has 0 bridgehead atoms. The summed E-state index contributed by atoms with van der Waals surface area (Å²) in [4.78, 5) is 25.2. The number of aromatic nitrogens is 2. The fourth-order valence-electron chi connectivity index (χ4n) is 3.07. The average molecular weight is 463 g/mol. The molecule has 8 nitrogen and oxygen atoms in total. The number of carbonyl (C=O) groups excluding carboxylic acids is 2. The number of rotatable bonds is 8. The number of hydrogen-bond acceptors (Lipinski definition) is 7. The second kappa shape index (κ2) is 10.2. The maximum atomic E-state index is 12.7. The van der Waals surface area contributed by atoms with E-state index in [1.165, 1.54) is 0 Å². The monoisotopic (exact) mass is 462 g/mol. The summed E-state index contributed by atoms with van der Waals surface area (Å²) in [6.45, 7) is 4.21. The van der Waals surface area contributed by atoms with Gasteiger partial charge in [0, 0.05) is 6.54 Å². The number of anilines is 1. The molecule has 0 spiro atoms. The Morgan fingerprint density at radius 3 is 2.55 bits per heavy atom. The lowest BCUT2D eigenvalue weighted by molar-refractivity contribution is -0.113. The molecule has 0 radical (unpaired) electrons. The minimum atomic E-state index is -0.293. The van der Waals surface area contributed by atoms with Gasteiger partial charge in [-0.3, -0.25) is 9.59 Å². The van der Waals surface area contributed by atoms with Crippen LogP contribution in [-0.4, -0.2) is 27.8 Å². The summed E-state index contributed by atoms with van der Waals surface area (Å²) in [5, 5.41) is 13.9. The Labute approximate surface area is 194 Å². The highest BCUT2D eigenvalue weighted by Gasteiger charge is 2.16. The molecular formula is C24H22N4O4S. The summed E-state index contributed by atoms with van der Waals surface area (Å²) in [5.74, 6) is 0.491. The molecule has 2 aromatic carbocycles. The number of aryl methyl sites for hydroxylation is 2. The van der Waals surface area contributed by atoms with Crippen LogP contribution >= 0.6 is 11.8 Å². The van der Waals surface area contributed by atoms with Gasteiger partial charge < -0.3 is 19.5 Å². The van der Waals surface area contributed by atoms with Crippen LogP contribution < -0.4 is 10.6 Å². The first kappa shape index (κ1) is 22.3. The van der Waals surface area contributed by atoms with Crippen molar-refractivity contribution in [2.45, 2.75) is 25.6 Å². The van der Waals surface area contributed by atoms with Crippen molar-refractivity contribution >= 4 is 29.3 Å². The number of amides is 2. The number of hydrogen-bond donors (Lipinski definition) is 2. The molecule has 33 heavy (non-hydrogen) atoms. The Hall–Kier alpha value is -3.85. The molecule has 0 aliphatic rings. The predicted molar refractivity (Wildman–Crippen MR) is 125 cm³/mol. The van der Waals surface area contributed by atoms with Gasteiger partial charge >= 0.3 is 0 Å². The Bertz CT molecular complexity index is 1260. The van der Waals surface area contributed by atoms with E-state index in [1.807, 2.05) is 31.2 Å². The van der Waals surface area contributed by atoms with Crippen LogP contribution in [0.2, 0.25) is 0 Å². The van der Waals surface area contributed by atoms with E-state index >= 15 is 0 Å². The number of furan rings is 1. The SMILES string of the molecule is Cc1ccc(CNC(=O)c2ccccc2NC(=O)CSc2nnc(-c3ccoc3C)o2)cc1. The van der Waals surface area contributed by atoms with Crippen molar-refractivity contribution in [3.63, 3.8) is 0 Å². The number of para-hydroxylation sites is 1. The molecule has 0 aliphatic heterocycles. The zero-order valence-corrected chi connectivity index (χ0v) is 18.9. The first-order valence-electron chi connectivity index (χ1n) is 10.2. The van der Waals surface area contributed by atoms with Crippen molar-refractivity contribution in [3.8, 4) is 11.5 Å². The fourth-order valence-corrected chi connectivity index (χ4v) is 3.63. The van der Waals surface area contributed by atoms with Gasteiger partial charge in [0.15, 0.2) is 0 Å². The zero-order valence-electron chi connectivity index (χ0n) is 18.1. The van der Waals surface area contributed by atoms with Gasteiger partial charge in [0.2, 0.25) is 5.91 Å². The predicted octanol–water partition coefficient (Wildman–Crippen LogP) is 4.61. The van der Waals surface area contributed by atoms with E-state index in [9.17, 15) is 9.59 Å². The highest BCUT2D eigenvalue weighted by molar-refractivity contribution is 7.99. The topological polar surface area (TPSA) is 110 Å². The van der Waals surface area contributed by atoms with Gasteiger partial charge in [-0.05, 0) is 37.6 Å². The van der Waals surface area contributed by atoms with Crippen LogP contribution in [0.5, 0.6) is 0 Å². The van der Waals surface area contributed by atoms with Crippen molar-refractivity contribution in [1.29, 1.82) is 0 Å². The van der Waals surface area contributed by atoms with E-state index in [1.54, 1.807) is 43.5 Å². The first-order valence-corrected chi connectivity index (χ1v) is 11.2. The van der Waals surface area contributed by atoms with Gasteiger partial charge in [0.1, 0.15) is 5.76 Å². The molecule has 0 saturated carbocycles. The molecule has 0 atom stereocenters. The second-order valence-corrected chi connectivity index (χ2v) is 8.24. The second-order valence-electron chi connectivity index (χ2n) is 7.31. The fraction of sp³-hybridized carbons (Fsp3) is 0.167. The molecule has 9 heteroatoms. The lowest BCUT2D eigenvalue weighted by Gasteiger charge is -2.11. The third kappa shape index (κ3) is 5.69. The molecule has 2 N–H and O–H groups in total. The quantitative estimate of drug-likeness (QED) is 0.368. The van der Waals surface area contributed by atoms with Gasteiger partial charge in [-0.15, -0.1) is 10.2 Å². The van der Waals surface area contributed by atoms with Gasteiger partial charge in [-0.2, -0.15) is 0 Å². The van der Waals surface area contributed by atoms with E-state index in [0.29, 0.717) is 35.0 Å². The molecule has 4 rings (SSSR count). The molecule has 0 saturated heterocycles. The average Bonchev–Trinajstić information content (AvgIpc) is 3.46. The van der Waals surface area contributed by atoms with Gasteiger partial charge in [0.25, 0.3) is 17.0 Å². The molecule has 2 heterocycles. The molecule has 4 aromatic rings. The Morgan fingerprint density at radius 1 is 1.00 bits per heavy atom. The van der Waals surface area contributed by atoms with Crippen LogP contribution in [0.25, 0.3) is 11.5 Å². The number of benzene rings is 2. The molecule has 168 valence electrons. The summed E-state index contributed by atoms with van der Waals surface area (Å²) in [7, 11) is 0. The van der Waals surface area contributed by atoms with Crippen LogP contribution in [0.4, 0.5) is 5.69 Å². The normalized spacial score (nSPS) is 10.7. The highest BCUT2D eigenvalue weighted by Crippen LogP contribution is 2.26. The van der Waals surface area contributed by atoms with E-state index in [2.05, 4.69) is 20.8 Å². The standard InChI is InChI=1S/C24H22N4O4S/c1-15-7-9-17(10-8-15)13-25-22(30)19-5-3-4-6-20(19)26-21(29)14-33-24-28-27-23(32-24)18-11-12-31-16(18)2/h3-12H,13-14H2,1-2H3,(H,25,30)(H,26,29). The van der Waals surface area contributed by atoms with Crippen molar-refractivity contribution in [2.24, 2.45) is 0 Å². The maximum absolute atomic E-state index is 12.7. The molecule has 2 amide bonds. The minimum Gasteiger partial charge on any atom is -0.469 e. The number of nitrogens with zero attached hydrogens (tertiary/aromatic N) is 2. The molecule has 0 fully saturated rings. The van der Waals surface area contributed by atoms with Crippen LogP contribution in [-0.2, 0) is 11.3 Å². The zero-order chi connectivity index (χ0) is 23.2. The summed E-state index contributed by atoms with van der Waals surface area (Å²) in [6.07, 6.45) is 1.55. The van der Waals surface area contributed by atoms with Crippen molar-refractivity contribution in [1.82, 2.24) is 15.5 Å². The number of nitrogens with one attached hydrogen (secondary N) is 2. The molecule has 2 aromatic heterocycles. The highest BCUT2D eigenvalue weighted by atomic mass is 32.2.